The number of benzene rings is 1. The highest BCUT2D eigenvalue weighted by Gasteiger charge is 2.39. The lowest BCUT2D eigenvalue weighted by molar-refractivity contribution is 0.0583. The lowest BCUT2D eigenvalue weighted by Crippen LogP contribution is -2.32. The predicted octanol–water partition coefficient (Wildman–Crippen LogP) is 7.30. The molecular formula is C33H36N4O3S. The summed E-state index contributed by atoms with van der Waals surface area (Å²) in [6.45, 7) is 4.40. The fourth-order valence-electron chi connectivity index (χ4n) is 6.42. The number of aromatic nitrogens is 3. The van der Waals surface area contributed by atoms with Crippen molar-refractivity contribution in [1.82, 2.24) is 15.0 Å². The summed E-state index contributed by atoms with van der Waals surface area (Å²) in [5.74, 6) is 2.50. The van der Waals surface area contributed by atoms with Gasteiger partial charge in [0.25, 0.3) is 0 Å². The molecule has 0 amide bonds. The Morgan fingerprint density at radius 3 is 2.80 bits per heavy atom. The molecule has 0 bridgehead atoms. The molecule has 2 aliphatic carbocycles. The molecule has 3 aromatic heterocycles. The van der Waals surface area contributed by atoms with E-state index in [1.807, 2.05) is 30.5 Å². The number of nitrogens with one attached hydrogen (secondary N) is 1. The lowest BCUT2D eigenvalue weighted by Gasteiger charge is -2.33. The van der Waals surface area contributed by atoms with Gasteiger partial charge in [0.05, 0.1) is 23.2 Å². The number of esters is 1. The van der Waals surface area contributed by atoms with Crippen molar-refractivity contribution in [2.24, 2.45) is 5.92 Å². The van der Waals surface area contributed by atoms with Gasteiger partial charge in [-0.15, -0.1) is 11.3 Å². The molecule has 0 spiro atoms. The van der Waals surface area contributed by atoms with Gasteiger partial charge < -0.3 is 15.2 Å². The molecule has 3 atom stereocenters. The molecule has 6 rings (SSSR count). The number of thiazole rings is 1. The number of fused-ring (bicyclic) bond motifs is 1. The number of carbonyl (C=O) groups excluding carboxylic acids is 1. The SMILES string of the molecule is COC(=O)c1ccc2c(c1)CCC[C@]2(O)c1ncc(-c2cc(C)cc(Nc3cc(C4CCCC(C)C4)ccn3)n2)s1. The Hall–Kier alpha value is -3.62. The maximum atomic E-state index is 12.1. The van der Waals surface area contributed by atoms with E-state index >= 15 is 0 Å². The molecule has 1 aromatic carbocycles. The van der Waals surface area contributed by atoms with Crippen molar-refractivity contribution in [2.75, 3.05) is 12.4 Å². The van der Waals surface area contributed by atoms with Crippen molar-refractivity contribution in [3.8, 4) is 10.6 Å². The second kappa shape index (κ2) is 11.3. The minimum atomic E-state index is -1.21. The Balaban J connectivity index is 1.26. The fourth-order valence-corrected chi connectivity index (χ4v) is 7.43. The van der Waals surface area contributed by atoms with E-state index in [4.69, 9.17) is 9.72 Å². The molecule has 2 unspecified atom stereocenters. The standard InChI is InChI=1S/C33H36N4O3S/c1-20-6-4-7-22(14-20)23-11-13-34-29(18-23)37-30-16-21(2)15-27(36-30)28-19-35-32(41-28)33(39)12-5-8-24-17-25(31(38)40-3)9-10-26(24)33/h9-11,13,15-20,22,39H,4-8,12,14H2,1-3H3,(H,34,36,37)/t20?,22?,33-/m1/s1. The van der Waals surface area contributed by atoms with Gasteiger partial charge in [-0.2, -0.15) is 0 Å². The van der Waals surface area contributed by atoms with Crippen molar-refractivity contribution in [1.29, 1.82) is 0 Å². The zero-order valence-electron chi connectivity index (χ0n) is 23.8. The van der Waals surface area contributed by atoms with Crippen LogP contribution in [0.25, 0.3) is 10.6 Å². The smallest absolute Gasteiger partial charge is 0.337 e. The third-order valence-corrected chi connectivity index (χ3v) is 9.66. The van der Waals surface area contributed by atoms with E-state index in [1.54, 1.807) is 12.3 Å². The van der Waals surface area contributed by atoms with Gasteiger partial charge in [0.15, 0.2) is 0 Å². The minimum absolute atomic E-state index is 0.376. The van der Waals surface area contributed by atoms with Crippen molar-refractivity contribution in [3.63, 3.8) is 0 Å². The van der Waals surface area contributed by atoms with Crippen LogP contribution in [0.15, 0.2) is 54.9 Å². The Bertz CT molecular complexity index is 1580. The molecule has 0 saturated heterocycles. The van der Waals surface area contributed by atoms with Gasteiger partial charge in [-0.05, 0) is 110 Å². The zero-order valence-corrected chi connectivity index (χ0v) is 24.6. The topological polar surface area (TPSA) is 97.2 Å². The van der Waals surface area contributed by atoms with Crippen LogP contribution in [-0.2, 0) is 16.8 Å². The van der Waals surface area contributed by atoms with Gasteiger partial charge in [0.2, 0.25) is 0 Å². The first-order chi connectivity index (χ1) is 19.8. The molecule has 0 radical (unpaired) electrons. The number of pyridine rings is 2. The number of hydrogen-bond acceptors (Lipinski definition) is 8. The molecule has 2 aliphatic rings. The highest BCUT2D eigenvalue weighted by Crippen LogP contribution is 2.44. The van der Waals surface area contributed by atoms with Crippen LogP contribution >= 0.6 is 11.3 Å². The van der Waals surface area contributed by atoms with Crippen LogP contribution in [0, 0.1) is 12.8 Å². The fraction of sp³-hybridized carbons (Fsp3) is 0.394. The maximum absolute atomic E-state index is 12.1. The Kier molecular flexibility index (Phi) is 7.62. The van der Waals surface area contributed by atoms with Crippen molar-refractivity contribution in [2.45, 2.75) is 70.3 Å². The van der Waals surface area contributed by atoms with E-state index in [0.717, 1.165) is 57.7 Å². The van der Waals surface area contributed by atoms with Crippen molar-refractivity contribution >= 4 is 28.9 Å². The number of aliphatic hydroxyl groups is 1. The third kappa shape index (κ3) is 5.63. The van der Waals surface area contributed by atoms with Crippen LogP contribution in [0.1, 0.15) is 89.0 Å². The first-order valence-electron chi connectivity index (χ1n) is 14.4. The van der Waals surface area contributed by atoms with Crippen LogP contribution in [0.2, 0.25) is 0 Å². The number of carbonyl (C=O) groups is 1. The minimum Gasteiger partial charge on any atom is -0.465 e. The summed E-state index contributed by atoms with van der Waals surface area (Å²) in [6.07, 6.45) is 10.9. The molecule has 7 nitrogen and oxygen atoms in total. The zero-order chi connectivity index (χ0) is 28.6. The second-order valence-electron chi connectivity index (χ2n) is 11.6. The molecule has 212 valence electrons. The van der Waals surface area contributed by atoms with Crippen LogP contribution in [-0.4, -0.2) is 33.1 Å². The van der Waals surface area contributed by atoms with E-state index in [2.05, 4.69) is 41.3 Å². The van der Waals surface area contributed by atoms with E-state index < -0.39 is 5.60 Å². The van der Waals surface area contributed by atoms with Crippen LogP contribution in [0.3, 0.4) is 0 Å². The average molecular weight is 569 g/mol. The quantitative estimate of drug-likeness (QED) is 0.236. The van der Waals surface area contributed by atoms with Crippen molar-refractivity contribution in [3.05, 3.63) is 87.7 Å². The highest BCUT2D eigenvalue weighted by molar-refractivity contribution is 7.15. The van der Waals surface area contributed by atoms with Crippen molar-refractivity contribution < 1.29 is 14.6 Å². The van der Waals surface area contributed by atoms with Gasteiger partial charge in [0.1, 0.15) is 22.2 Å². The van der Waals surface area contributed by atoms with Gasteiger partial charge in [-0.1, -0.05) is 25.8 Å². The Morgan fingerprint density at radius 1 is 1.10 bits per heavy atom. The molecular weight excluding hydrogens is 532 g/mol. The number of nitrogens with zero attached hydrogens (tertiary/aromatic N) is 3. The molecule has 8 heteroatoms. The summed E-state index contributed by atoms with van der Waals surface area (Å²) in [5.41, 5.74) is 4.25. The van der Waals surface area contributed by atoms with Gasteiger partial charge in [-0.25, -0.2) is 19.7 Å². The Labute approximate surface area is 245 Å². The third-order valence-electron chi connectivity index (χ3n) is 8.49. The summed E-state index contributed by atoms with van der Waals surface area (Å²) >= 11 is 1.46. The molecule has 2 N–H and O–H groups in total. The molecule has 3 heterocycles. The molecule has 41 heavy (non-hydrogen) atoms. The highest BCUT2D eigenvalue weighted by atomic mass is 32.1. The first kappa shape index (κ1) is 27.5. The van der Waals surface area contributed by atoms with Crippen LogP contribution in [0.5, 0.6) is 0 Å². The maximum Gasteiger partial charge on any atom is 0.337 e. The van der Waals surface area contributed by atoms with E-state index in [1.165, 1.54) is 49.7 Å². The van der Waals surface area contributed by atoms with Gasteiger partial charge in [-0.3, -0.25) is 0 Å². The number of aryl methyl sites for hydroxylation is 2. The number of ether oxygens (including phenoxy) is 1. The van der Waals surface area contributed by atoms with Crippen LogP contribution in [0.4, 0.5) is 11.6 Å². The Morgan fingerprint density at radius 2 is 1.98 bits per heavy atom. The number of anilines is 2. The molecule has 1 saturated carbocycles. The summed E-state index contributed by atoms with van der Waals surface area (Å²) in [6, 6.07) is 13.8. The van der Waals surface area contributed by atoms with Gasteiger partial charge >= 0.3 is 5.97 Å². The van der Waals surface area contributed by atoms with E-state index in [-0.39, 0.29) is 5.97 Å². The van der Waals surface area contributed by atoms with E-state index in [0.29, 0.717) is 22.9 Å². The second-order valence-corrected chi connectivity index (χ2v) is 12.6. The summed E-state index contributed by atoms with van der Waals surface area (Å²) in [5, 5.41) is 15.9. The summed E-state index contributed by atoms with van der Waals surface area (Å²) in [7, 11) is 1.38. The molecule has 1 fully saturated rings. The molecule has 4 aromatic rings. The predicted molar refractivity (Wildman–Crippen MR) is 162 cm³/mol. The monoisotopic (exact) mass is 568 g/mol. The number of rotatable bonds is 6. The van der Waals surface area contributed by atoms with E-state index in [9.17, 15) is 9.90 Å². The summed E-state index contributed by atoms with van der Waals surface area (Å²) < 4.78 is 4.88. The van der Waals surface area contributed by atoms with Gasteiger partial charge in [0, 0.05) is 12.4 Å². The normalized spacial score (nSPS) is 22.1. The summed E-state index contributed by atoms with van der Waals surface area (Å²) in [4.78, 5) is 27.1. The average Bonchev–Trinajstić information content (AvgIpc) is 3.48. The van der Waals surface area contributed by atoms with Crippen LogP contribution < -0.4 is 5.32 Å². The number of hydrogen-bond donors (Lipinski definition) is 2. The molecule has 0 aliphatic heterocycles. The largest absolute Gasteiger partial charge is 0.465 e. The lowest BCUT2D eigenvalue weighted by atomic mass is 9.79. The number of methoxy groups -OCH3 is 1. The first-order valence-corrected chi connectivity index (χ1v) is 15.3.